The number of carbonyl (C=O) groups is 2. The van der Waals surface area contributed by atoms with E-state index < -0.39 is 5.97 Å². The first kappa shape index (κ1) is 12.2. The van der Waals surface area contributed by atoms with E-state index in [9.17, 15) is 14.4 Å². The lowest BCUT2D eigenvalue weighted by Crippen LogP contribution is -2.18. The number of thioether (sulfide) groups is 1. The van der Waals surface area contributed by atoms with Crippen molar-refractivity contribution in [2.75, 3.05) is 16.8 Å². The van der Waals surface area contributed by atoms with Crippen LogP contribution in [0, 0.1) is 0 Å². The van der Waals surface area contributed by atoms with E-state index in [1.165, 1.54) is 12.1 Å². The summed E-state index contributed by atoms with van der Waals surface area (Å²) in [5, 5.41) is 16.5. The lowest BCUT2D eigenvalue weighted by molar-refractivity contribution is -0.133. The molecule has 0 bridgehead atoms. The van der Waals surface area contributed by atoms with Crippen molar-refractivity contribution >= 4 is 29.5 Å². The van der Waals surface area contributed by atoms with Gasteiger partial charge in [-0.15, -0.1) is 11.8 Å². The molecule has 1 amide bonds. The number of carboxylic acids is 1. The summed E-state index contributed by atoms with van der Waals surface area (Å²) >= 11 is 0.981. The molecule has 0 radical (unpaired) electrons. The number of carbonyl (C=O) groups excluding carboxylic acids is 1. The average Bonchev–Trinajstić information content (AvgIpc) is 2.21. The number of nitrogens with one attached hydrogen (secondary N) is 2. The summed E-state index contributed by atoms with van der Waals surface area (Å²) < 4.78 is 0. The summed E-state index contributed by atoms with van der Waals surface area (Å²) in [5.74, 6) is -1.23. The molecule has 0 saturated heterocycles. The Morgan fingerprint density at radius 2 is 2.19 bits per heavy atom. The summed E-state index contributed by atoms with van der Waals surface area (Å²) in [5.41, 5.74) is -0.363. The summed E-state index contributed by atoms with van der Waals surface area (Å²) in [6, 6.07) is 2.59. The van der Waals surface area contributed by atoms with E-state index in [0.717, 1.165) is 11.8 Å². The van der Waals surface area contributed by atoms with Gasteiger partial charge in [0.25, 0.3) is 5.56 Å². The van der Waals surface area contributed by atoms with Crippen molar-refractivity contribution in [1.29, 1.82) is 0 Å². The van der Waals surface area contributed by atoms with Crippen LogP contribution in [0.25, 0.3) is 0 Å². The van der Waals surface area contributed by atoms with Gasteiger partial charge in [0, 0.05) is 6.07 Å². The van der Waals surface area contributed by atoms with Crippen molar-refractivity contribution in [2.45, 2.75) is 0 Å². The summed E-state index contributed by atoms with van der Waals surface area (Å²) in [4.78, 5) is 32.0. The molecule has 8 heteroatoms. The van der Waals surface area contributed by atoms with E-state index in [2.05, 4.69) is 15.5 Å². The maximum absolute atomic E-state index is 11.2. The molecule has 7 nitrogen and oxygen atoms in total. The predicted molar refractivity (Wildman–Crippen MR) is 58.4 cm³/mol. The van der Waals surface area contributed by atoms with E-state index in [1.807, 2.05) is 0 Å². The first-order chi connectivity index (χ1) is 7.58. The molecular weight excluding hydrogens is 234 g/mol. The van der Waals surface area contributed by atoms with Gasteiger partial charge in [0.2, 0.25) is 5.91 Å². The van der Waals surface area contributed by atoms with Crippen molar-refractivity contribution in [1.82, 2.24) is 10.2 Å². The Morgan fingerprint density at radius 1 is 1.44 bits per heavy atom. The van der Waals surface area contributed by atoms with Crippen LogP contribution < -0.4 is 10.9 Å². The third-order valence-electron chi connectivity index (χ3n) is 1.41. The summed E-state index contributed by atoms with van der Waals surface area (Å²) in [6.07, 6.45) is 0. The van der Waals surface area contributed by atoms with E-state index in [-0.39, 0.29) is 28.8 Å². The van der Waals surface area contributed by atoms with Gasteiger partial charge in [-0.2, -0.15) is 5.10 Å². The number of carboxylic acid groups (broad SMARTS) is 1. The molecule has 1 aromatic heterocycles. The topological polar surface area (TPSA) is 112 Å². The number of aromatic nitrogens is 2. The number of anilines is 1. The van der Waals surface area contributed by atoms with Gasteiger partial charge in [0.15, 0.2) is 5.82 Å². The highest BCUT2D eigenvalue weighted by atomic mass is 32.2. The maximum atomic E-state index is 11.2. The van der Waals surface area contributed by atoms with Crippen LogP contribution in [0.15, 0.2) is 16.9 Å². The second-order valence-corrected chi connectivity index (χ2v) is 3.73. The van der Waals surface area contributed by atoms with Gasteiger partial charge in [-0.25, -0.2) is 5.10 Å². The number of hydrogen-bond acceptors (Lipinski definition) is 5. The van der Waals surface area contributed by atoms with E-state index in [0.29, 0.717) is 0 Å². The highest BCUT2D eigenvalue weighted by molar-refractivity contribution is 8.00. The van der Waals surface area contributed by atoms with Crippen LogP contribution in [-0.2, 0) is 9.59 Å². The van der Waals surface area contributed by atoms with Crippen molar-refractivity contribution in [3.8, 4) is 0 Å². The van der Waals surface area contributed by atoms with Gasteiger partial charge >= 0.3 is 5.97 Å². The van der Waals surface area contributed by atoms with Gasteiger partial charge in [0.1, 0.15) is 0 Å². The molecular formula is C8H9N3O4S. The quantitative estimate of drug-likeness (QED) is 0.644. The van der Waals surface area contributed by atoms with Crippen LogP contribution in [0.3, 0.4) is 0 Å². The molecule has 0 unspecified atom stereocenters. The molecule has 16 heavy (non-hydrogen) atoms. The fraction of sp³-hybridized carbons (Fsp3) is 0.250. The molecule has 0 aliphatic carbocycles. The average molecular weight is 243 g/mol. The van der Waals surface area contributed by atoms with Gasteiger partial charge in [-0.3, -0.25) is 14.4 Å². The number of aliphatic carboxylic acids is 1. The first-order valence-electron chi connectivity index (χ1n) is 4.23. The van der Waals surface area contributed by atoms with Crippen LogP contribution in [0.4, 0.5) is 5.82 Å². The Bertz CT molecular complexity index is 425. The fourth-order valence-corrected chi connectivity index (χ4v) is 1.36. The zero-order valence-electron chi connectivity index (χ0n) is 8.10. The molecule has 0 aliphatic heterocycles. The van der Waals surface area contributed by atoms with E-state index in [1.54, 1.807) is 0 Å². The van der Waals surface area contributed by atoms with Crippen LogP contribution in [-0.4, -0.2) is 38.7 Å². The molecule has 0 fully saturated rings. The molecule has 1 heterocycles. The number of amides is 1. The zero-order valence-corrected chi connectivity index (χ0v) is 8.91. The molecule has 1 rings (SSSR count). The normalized spacial score (nSPS) is 9.75. The number of aromatic amines is 1. The van der Waals surface area contributed by atoms with E-state index in [4.69, 9.17) is 5.11 Å². The second kappa shape index (κ2) is 5.91. The SMILES string of the molecule is O=C(O)CSCC(=O)Nc1ccc(=O)[nH]n1. The minimum absolute atomic E-state index is 0.0209. The highest BCUT2D eigenvalue weighted by Gasteiger charge is 2.05. The molecule has 86 valence electrons. The number of rotatable bonds is 5. The molecule has 0 saturated carbocycles. The second-order valence-electron chi connectivity index (χ2n) is 2.74. The fourth-order valence-electron chi connectivity index (χ4n) is 0.824. The van der Waals surface area contributed by atoms with Crippen LogP contribution in [0.5, 0.6) is 0 Å². The Balaban J connectivity index is 2.37. The van der Waals surface area contributed by atoms with Gasteiger partial charge in [-0.1, -0.05) is 0 Å². The van der Waals surface area contributed by atoms with Crippen molar-refractivity contribution in [3.63, 3.8) is 0 Å². The number of H-pyrrole nitrogens is 1. The Labute approximate surface area is 94.3 Å². The molecule has 1 aromatic rings. The van der Waals surface area contributed by atoms with Crippen LogP contribution in [0.2, 0.25) is 0 Å². The van der Waals surface area contributed by atoms with Gasteiger partial charge < -0.3 is 10.4 Å². The van der Waals surface area contributed by atoms with Gasteiger partial charge in [-0.05, 0) is 6.07 Å². The third-order valence-corrected chi connectivity index (χ3v) is 2.32. The highest BCUT2D eigenvalue weighted by Crippen LogP contribution is 2.02. The smallest absolute Gasteiger partial charge is 0.313 e. The van der Waals surface area contributed by atoms with E-state index >= 15 is 0 Å². The van der Waals surface area contributed by atoms with Crippen molar-refractivity contribution in [2.24, 2.45) is 0 Å². The number of nitrogens with zero attached hydrogens (tertiary/aromatic N) is 1. The standard InChI is InChI=1S/C8H9N3O4S/c12-6-2-1-5(10-11-6)9-7(13)3-16-4-8(14)15/h1-2H,3-4H2,(H,11,12)(H,14,15)(H,9,10,13). The lowest BCUT2D eigenvalue weighted by Gasteiger charge is -2.01. The zero-order chi connectivity index (χ0) is 12.0. The van der Waals surface area contributed by atoms with Crippen LogP contribution in [0.1, 0.15) is 0 Å². The largest absolute Gasteiger partial charge is 0.481 e. The first-order valence-corrected chi connectivity index (χ1v) is 5.38. The molecule has 0 spiro atoms. The minimum Gasteiger partial charge on any atom is -0.481 e. The lowest BCUT2D eigenvalue weighted by atomic mass is 10.5. The molecule has 3 N–H and O–H groups in total. The molecule has 0 aromatic carbocycles. The Morgan fingerprint density at radius 3 is 2.75 bits per heavy atom. The monoisotopic (exact) mass is 243 g/mol. The van der Waals surface area contributed by atoms with Gasteiger partial charge in [0.05, 0.1) is 11.5 Å². The minimum atomic E-state index is -0.972. The molecule has 0 atom stereocenters. The number of hydrogen-bond donors (Lipinski definition) is 3. The Kier molecular flexibility index (Phi) is 4.52. The van der Waals surface area contributed by atoms with Crippen LogP contribution >= 0.6 is 11.8 Å². The third kappa shape index (κ3) is 4.60. The van der Waals surface area contributed by atoms with Crippen molar-refractivity contribution < 1.29 is 14.7 Å². The summed E-state index contributed by atoms with van der Waals surface area (Å²) in [6.45, 7) is 0. The predicted octanol–water partition coefficient (Wildman–Crippen LogP) is -0.474. The molecule has 0 aliphatic rings. The Hall–Kier alpha value is -1.83. The summed E-state index contributed by atoms with van der Waals surface area (Å²) in [7, 11) is 0. The maximum Gasteiger partial charge on any atom is 0.313 e. The van der Waals surface area contributed by atoms with Crippen molar-refractivity contribution in [3.05, 3.63) is 22.5 Å².